The quantitative estimate of drug-likeness (QED) is 0.114. The van der Waals surface area contributed by atoms with Crippen LogP contribution >= 0.6 is 11.8 Å². The van der Waals surface area contributed by atoms with Gasteiger partial charge in [-0.2, -0.15) is 11.8 Å². The first-order valence-electron chi connectivity index (χ1n) is 11.2. The molecule has 0 fully saturated rings. The van der Waals surface area contributed by atoms with E-state index < -0.39 is 66.2 Å². The molecule has 0 spiro atoms. The van der Waals surface area contributed by atoms with Crippen LogP contribution in [-0.2, 0) is 28.8 Å². The molecule has 0 aliphatic heterocycles. The number of nitrogens with one attached hydrogen (secondary N) is 3. The van der Waals surface area contributed by atoms with E-state index in [1.54, 1.807) is 20.1 Å². The molecule has 0 aromatic carbocycles. The molecule has 0 aliphatic rings. The van der Waals surface area contributed by atoms with Gasteiger partial charge in [-0.1, -0.05) is 13.8 Å². The van der Waals surface area contributed by atoms with Crippen molar-refractivity contribution in [2.24, 2.45) is 17.4 Å². The minimum Gasteiger partial charge on any atom is -0.481 e. The molecular weight excluding hydrogens is 482 g/mol. The molecule has 0 saturated heterocycles. The molecule has 0 bridgehead atoms. The number of carbonyl (C=O) groups excluding carboxylic acids is 4. The zero-order valence-corrected chi connectivity index (χ0v) is 21.1. The maximum Gasteiger partial charge on any atom is 0.326 e. The molecule has 0 radical (unpaired) electrons. The molecule has 200 valence electrons. The molecule has 0 saturated carbocycles. The van der Waals surface area contributed by atoms with Crippen LogP contribution < -0.4 is 27.4 Å². The minimum atomic E-state index is -1.34. The first-order chi connectivity index (χ1) is 16.3. The number of primary amides is 1. The van der Waals surface area contributed by atoms with Crippen molar-refractivity contribution in [2.45, 2.75) is 76.5 Å². The molecule has 13 nitrogen and oxygen atoms in total. The topological polar surface area (TPSA) is 231 Å². The first-order valence-corrected chi connectivity index (χ1v) is 12.6. The molecule has 4 amide bonds. The Morgan fingerprint density at radius 3 is 1.83 bits per heavy atom. The van der Waals surface area contributed by atoms with Gasteiger partial charge in [0, 0.05) is 12.8 Å². The number of nitrogens with two attached hydrogens (primary N) is 2. The lowest BCUT2D eigenvalue weighted by atomic mass is 10.0. The fourth-order valence-electron chi connectivity index (χ4n) is 2.98. The summed E-state index contributed by atoms with van der Waals surface area (Å²) in [7, 11) is 0. The predicted molar refractivity (Wildman–Crippen MR) is 129 cm³/mol. The average molecular weight is 520 g/mol. The van der Waals surface area contributed by atoms with Crippen LogP contribution in [0.1, 0.15) is 52.4 Å². The smallest absolute Gasteiger partial charge is 0.326 e. The van der Waals surface area contributed by atoms with Gasteiger partial charge in [0.25, 0.3) is 0 Å². The van der Waals surface area contributed by atoms with E-state index in [0.717, 1.165) is 0 Å². The van der Waals surface area contributed by atoms with E-state index in [9.17, 15) is 33.9 Å². The molecule has 9 N–H and O–H groups in total. The monoisotopic (exact) mass is 519 g/mol. The number of hydrogen-bond donors (Lipinski definition) is 7. The average Bonchev–Trinajstić information content (AvgIpc) is 2.75. The highest BCUT2D eigenvalue weighted by Gasteiger charge is 2.31. The van der Waals surface area contributed by atoms with Gasteiger partial charge in [-0.15, -0.1) is 0 Å². The number of amides is 4. The van der Waals surface area contributed by atoms with Crippen LogP contribution in [0, 0.1) is 5.92 Å². The fraction of sp³-hybridized carbons (Fsp3) is 0.714. The second-order valence-electron chi connectivity index (χ2n) is 8.48. The van der Waals surface area contributed by atoms with Gasteiger partial charge in [0.05, 0.1) is 6.04 Å². The summed E-state index contributed by atoms with van der Waals surface area (Å²) in [5.74, 6) is -4.98. The minimum absolute atomic E-state index is 0.0204. The number of rotatable bonds is 18. The second kappa shape index (κ2) is 16.7. The number of carbonyl (C=O) groups is 6. The van der Waals surface area contributed by atoms with Crippen molar-refractivity contribution < 1.29 is 39.0 Å². The van der Waals surface area contributed by atoms with Crippen molar-refractivity contribution in [3.05, 3.63) is 0 Å². The summed E-state index contributed by atoms with van der Waals surface area (Å²) in [6.07, 6.45) is 1.21. The van der Waals surface area contributed by atoms with Crippen molar-refractivity contribution in [3.8, 4) is 0 Å². The lowest BCUT2D eigenvalue weighted by Gasteiger charge is -2.26. The molecule has 0 aromatic rings. The lowest BCUT2D eigenvalue weighted by molar-refractivity contribution is -0.143. The summed E-state index contributed by atoms with van der Waals surface area (Å²) in [6.45, 7) is 3.61. The third-order valence-corrected chi connectivity index (χ3v) is 5.53. The molecule has 0 aromatic heterocycles. The lowest BCUT2D eigenvalue weighted by Crippen LogP contribution is -2.57. The largest absolute Gasteiger partial charge is 0.481 e. The Bertz CT molecular complexity index is 764. The summed E-state index contributed by atoms with van der Waals surface area (Å²) < 4.78 is 0. The van der Waals surface area contributed by atoms with Crippen molar-refractivity contribution in [1.29, 1.82) is 0 Å². The highest BCUT2D eigenvalue weighted by Crippen LogP contribution is 2.09. The number of hydrogen-bond acceptors (Lipinski definition) is 8. The van der Waals surface area contributed by atoms with E-state index in [1.807, 2.05) is 0 Å². The third-order valence-electron chi connectivity index (χ3n) is 4.88. The molecule has 4 atom stereocenters. The molecule has 4 unspecified atom stereocenters. The van der Waals surface area contributed by atoms with Crippen LogP contribution in [0.3, 0.4) is 0 Å². The van der Waals surface area contributed by atoms with E-state index >= 15 is 0 Å². The van der Waals surface area contributed by atoms with E-state index in [-0.39, 0.29) is 38.0 Å². The maximum atomic E-state index is 13.0. The summed E-state index contributed by atoms with van der Waals surface area (Å²) in [6, 6.07) is -4.75. The standard InChI is InChI=1S/C21H37N5O8S/c1-11(2)10-15(26-18(30)12(22)4-6-16(23)27)20(32)24-13(5-7-17(28)29)19(31)25-14(21(33)34)8-9-35-3/h11-15H,4-10,22H2,1-3H3,(H2,23,27)(H,24,32)(H,25,31)(H,26,30)(H,28,29)(H,33,34). The van der Waals surface area contributed by atoms with Gasteiger partial charge in [-0.3, -0.25) is 24.0 Å². The Labute approximate surface area is 208 Å². The Morgan fingerprint density at radius 1 is 0.800 bits per heavy atom. The van der Waals surface area contributed by atoms with Gasteiger partial charge < -0.3 is 37.6 Å². The SMILES string of the molecule is CSCCC(NC(=O)C(CCC(=O)O)NC(=O)C(CC(C)C)NC(=O)C(N)CCC(N)=O)C(=O)O. The molecule has 0 rings (SSSR count). The number of aliphatic carboxylic acids is 2. The van der Waals surface area contributed by atoms with Gasteiger partial charge in [-0.25, -0.2) is 4.79 Å². The van der Waals surface area contributed by atoms with Crippen LogP contribution in [0.5, 0.6) is 0 Å². The first kappa shape index (κ1) is 32.1. The van der Waals surface area contributed by atoms with E-state index in [0.29, 0.717) is 5.75 Å². The van der Waals surface area contributed by atoms with Crippen molar-refractivity contribution in [3.63, 3.8) is 0 Å². The third kappa shape index (κ3) is 14.2. The predicted octanol–water partition coefficient (Wildman–Crippen LogP) is -1.22. The number of thioether (sulfide) groups is 1. The highest BCUT2D eigenvalue weighted by molar-refractivity contribution is 7.98. The summed E-state index contributed by atoms with van der Waals surface area (Å²) >= 11 is 1.39. The Balaban J connectivity index is 5.52. The molecule has 0 heterocycles. The Morgan fingerprint density at radius 2 is 1.34 bits per heavy atom. The van der Waals surface area contributed by atoms with Gasteiger partial charge >= 0.3 is 11.9 Å². The van der Waals surface area contributed by atoms with Crippen molar-refractivity contribution in [2.75, 3.05) is 12.0 Å². The highest BCUT2D eigenvalue weighted by atomic mass is 32.2. The van der Waals surface area contributed by atoms with E-state index in [1.165, 1.54) is 11.8 Å². The van der Waals surface area contributed by atoms with Crippen LogP contribution in [0.2, 0.25) is 0 Å². The summed E-state index contributed by atoms with van der Waals surface area (Å²) in [5, 5.41) is 25.6. The van der Waals surface area contributed by atoms with Crippen LogP contribution in [0.15, 0.2) is 0 Å². The number of carboxylic acid groups (broad SMARTS) is 2. The maximum absolute atomic E-state index is 13.0. The fourth-order valence-corrected chi connectivity index (χ4v) is 3.46. The van der Waals surface area contributed by atoms with E-state index in [2.05, 4.69) is 16.0 Å². The number of carboxylic acids is 2. The Hall–Kier alpha value is -2.87. The summed E-state index contributed by atoms with van der Waals surface area (Å²) in [5.41, 5.74) is 10.8. The van der Waals surface area contributed by atoms with Crippen LogP contribution in [0.4, 0.5) is 0 Å². The van der Waals surface area contributed by atoms with Crippen LogP contribution in [0.25, 0.3) is 0 Å². The molecular formula is C21H37N5O8S. The Kier molecular flexibility index (Phi) is 15.3. The summed E-state index contributed by atoms with van der Waals surface area (Å²) in [4.78, 5) is 71.6. The molecule has 35 heavy (non-hydrogen) atoms. The van der Waals surface area contributed by atoms with Crippen molar-refractivity contribution in [1.82, 2.24) is 16.0 Å². The normalized spacial score (nSPS) is 14.3. The van der Waals surface area contributed by atoms with Gasteiger partial charge in [-0.05, 0) is 43.6 Å². The second-order valence-corrected chi connectivity index (χ2v) is 9.46. The molecule has 0 aliphatic carbocycles. The zero-order valence-electron chi connectivity index (χ0n) is 20.2. The molecule has 14 heteroatoms. The van der Waals surface area contributed by atoms with Crippen LogP contribution in [-0.4, -0.2) is 82.0 Å². The van der Waals surface area contributed by atoms with E-state index in [4.69, 9.17) is 16.6 Å². The van der Waals surface area contributed by atoms with Crippen molar-refractivity contribution >= 4 is 47.3 Å². The van der Waals surface area contributed by atoms with Gasteiger partial charge in [0.15, 0.2) is 0 Å². The van der Waals surface area contributed by atoms with Gasteiger partial charge in [0.1, 0.15) is 18.1 Å². The van der Waals surface area contributed by atoms with Gasteiger partial charge in [0.2, 0.25) is 23.6 Å². The zero-order chi connectivity index (χ0) is 27.1.